The van der Waals surface area contributed by atoms with Crippen molar-refractivity contribution >= 4 is 13.8 Å². The van der Waals surface area contributed by atoms with Crippen molar-refractivity contribution in [2.45, 2.75) is 251 Å². The number of unbranched alkanes of at least 4 members (excludes halogenated alkanes) is 30. The number of quaternary nitrogens is 1. The van der Waals surface area contributed by atoms with E-state index in [2.05, 4.69) is 50.3 Å². The number of carbonyl (C=O) groups excluding carboxylic acids is 1. The van der Waals surface area contributed by atoms with Crippen molar-refractivity contribution in [3.63, 3.8) is 0 Å². The minimum Gasteiger partial charge on any atom is -0.457 e. The van der Waals surface area contributed by atoms with E-state index in [0.717, 1.165) is 44.9 Å². The van der Waals surface area contributed by atoms with Crippen molar-refractivity contribution < 1.29 is 37.3 Å². The quantitative estimate of drug-likeness (QED) is 0.0214. The minimum absolute atomic E-state index is 0.0874. The zero-order valence-electron chi connectivity index (χ0n) is 42.3. The van der Waals surface area contributed by atoms with E-state index in [1.54, 1.807) is 0 Å². The number of carbonyl (C=O) groups is 1. The summed E-state index contributed by atoms with van der Waals surface area (Å²) < 4.78 is 35.2. The first-order valence-electron chi connectivity index (χ1n) is 26.7. The molecule has 8 nitrogen and oxygen atoms in total. The molecule has 372 valence electrons. The second kappa shape index (κ2) is 47.2. The monoisotopic (exact) mass is 911 g/mol. The van der Waals surface area contributed by atoms with Gasteiger partial charge in [-0.1, -0.05) is 204 Å². The van der Waals surface area contributed by atoms with Crippen molar-refractivity contribution in [2.24, 2.45) is 0 Å². The predicted octanol–water partition coefficient (Wildman–Crippen LogP) is 16.5. The molecule has 2 atom stereocenters. The molecule has 0 heterocycles. The lowest BCUT2D eigenvalue weighted by molar-refractivity contribution is -0.870. The molecule has 0 aliphatic rings. The van der Waals surface area contributed by atoms with Gasteiger partial charge in [-0.15, -0.1) is 0 Å². The van der Waals surface area contributed by atoms with Crippen LogP contribution >= 0.6 is 7.82 Å². The summed E-state index contributed by atoms with van der Waals surface area (Å²) in [5.74, 6) is -0.319. The topological polar surface area (TPSA) is 91.3 Å². The fourth-order valence-corrected chi connectivity index (χ4v) is 8.26. The zero-order chi connectivity index (χ0) is 46.2. The molecule has 63 heavy (non-hydrogen) atoms. The van der Waals surface area contributed by atoms with Gasteiger partial charge in [0, 0.05) is 13.0 Å². The maximum absolute atomic E-state index is 12.8. The molecular weight excluding hydrogens is 806 g/mol. The third-order valence-electron chi connectivity index (χ3n) is 11.7. The fraction of sp³-hybridized carbons (Fsp3) is 0.870. The number of likely N-dealkylation sites (N-methyl/N-ethyl adjacent to an activating group) is 1. The number of allylic oxidation sites excluding steroid dienone is 6. The first kappa shape index (κ1) is 61.7. The summed E-state index contributed by atoms with van der Waals surface area (Å²) in [6, 6.07) is 0. The van der Waals surface area contributed by atoms with E-state index in [0.29, 0.717) is 24.1 Å². The normalized spacial score (nSPS) is 13.8. The Morgan fingerprint density at radius 3 is 1.33 bits per heavy atom. The lowest BCUT2D eigenvalue weighted by Crippen LogP contribution is -2.37. The van der Waals surface area contributed by atoms with Crippen LogP contribution in [0.5, 0.6) is 0 Å². The van der Waals surface area contributed by atoms with Crippen LogP contribution in [0.1, 0.15) is 245 Å². The smallest absolute Gasteiger partial charge is 0.457 e. The lowest BCUT2D eigenvalue weighted by atomic mass is 10.0. The van der Waals surface area contributed by atoms with Gasteiger partial charge in [-0.25, -0.2) is 4.57 Å². The molecule has 0 saturated heterocycles. The minimum atomic E-state index is -4.28. The third-order valence-corrected chi connectivity index (χ3v) is 12.7. The summed E-state index contributed by atoms with van der Waals surface area (Å²) in [6.45, 7) is 5.62. The molecule has 0 aromatic rings. The predicted molar refractivity (Wildman–Crippen MR) is 270 cm³/mol. The molecule has 9 heteroatoms. The van der Waals surface area contributed by atoms with E-state index in [1.807, 2.05) is 21.1 Å². The van der Waals surface area contributed by atoms with Gasteiger partial charge in [-0.2, -0.15) is 0 Å². The number of hydrogen-bond acceptors (Lipinski definition) is 6. The summed E-state index contributed by atoms with van der Waals surface area (Å²) in [4.78, 5) is 23.0. The highest BCUT2D eigenvalue weighted by Gasteiger charge is 2.26. The number of esters is 1. The van der Waals surface area contributed by atoms with Crippen LogP contribution in [0.4, 0.5) is 0 Å². The largest absolute Gasteiger partial charge is 0.472 e. The van der Waals surface area contributed by atoms with Crippen LogP contribution in [0.15, 0.2) is 36.5 Å². The Hall–Kier alpha value is -1.28. The molecule has 0 bridgehead atoms. The highest BCUT2D eigenvalue weighted by atomic mass is 31.2. The number of hydrogen-bond donors (Lipinski definition) is 1. The number of phosphoric acid groups is 1. The van der Waals surface area contributed by atoms with Gasteiger partial charge in [0.2, 0.25) is 0 Å². The standard InChI is InChI=1S/C54H104NO7P/c1-6-8-10-12-14-16-18-20-22-24-25-26-27-28-29-30-32-34-36-38-40-42-44-46-49-59-51-53(52-61-63(57,58)60-50-48-55(3,4)5)62-54(56)47-45-43-41-39-37-35-33-31-23-21-19-17-15-13-11-9-7-2/h15,17,21,23-25,53H,6-14,16,18-20,22,26-52H2,1-5H3/p+1/b17-15-,23-21-,25-24-. The van der Waals surface area contributed by atoms with Gasteiger partial charge in [0.05, 0.1) is 34.4 Å². The van der Waals surface area contributed by atoms with Crippen LogP contribution in [-0.4, -0.2) is 75.6 Å². The molecule has 0 aromatic heterocycles. The second-order valence-electron chi connectivity index (χ2n) is 19.3. The van der Waals surface area contributed by atoms with Crippen LogP contribution in [0.2, 0.25) is 0 Å². The molecule has 0 aliphatic heterocycles. The Labute approximate surface area is 391 Å². The van der Waals surface area contributed by atoms with E-state index >= 15 is 0 Å². The number of rotatable bonds is 50. The summed E-state index contributed by atoms with van der Waals surface area (Å²) in [5, 5.41) is 0. The number of ether oxygens (including phenoxy) is 2. The lowest BCUT2D eigenvalue weighted by Gasteiger charge is -2.24. The third kappa shape index (κ3) is 51.6. The van der Waals surface area contributed by atoms with Crippen molar-refractivity contribution in [3.8, 4) is 0 Å². The maximum atomic E-state index is 12.8. The molecule has 1 N–H and O–H groups in total. The first-order valence-corrected chi connectivity index (χ1v) is 28.2. The van der Waals surface area contributed by atoms with E-state index in [-0.39, 0.29) is 25.8 Å². The van der Waals surface area contributed by atoms with Crippen molar-refractivity contribution in [3.05, 3.63) is 36.5 Å². The Bertz CT molecular complexity index is 1100. The molecule has 0 rings (SSSR count). The van der Waals surface area contributed by atoms with Crippen LogP contribution in [0, 0.1) is 0 Å². The van der Waals surface area contributed by atoms with Gasteiger partial charge < -0.3 is 18.9 Å². The Balaban J connectivity index is 4.09. The SMILES string of the molecule is CCCCC/C=C\C/C=C\CCCCCCCCCC(=O)OC(COCCCCCCCCCCCCCC/C=C\CCCCCCCCCC)COP(=O)(O)OCC[N+](C)(C)C. The van der Waals surface area contributed by atoms with Gasteiger partial charge in [0.1, 0.15) is 19.3 Å². The maximum Gasteiger partial charge on any atom is 0.472 e. The molecule has 2 unspecified atom stereocenters. The molecule has 0 aliphatic carbocycles. The molecule has 0 fully saturated rings. The van der Waals surface area contributed by atoms with E-state index in [4.69, 9.17) is 18.5 Å². The average molecular weight is 911 g/mol. The van der Waals surface area contributed by atoms with Gasteiger partial charge in [0.25, 0.3) is 0 Å². The van der Waals surface area contributed by atoms with Crippen molar-refractivity contribution in [1.29, 1.82) is 0 Å². The fourth-order valence-electron chi connectivity index (χ4n) is 7.52. The number of nitrogens with zero attached hydrogens (tertiary/aromatic N) is 1. The van der Waals surface area contributed by atoms with Gasteiger partial charge in [-0.05, 0) is 70.6 Å². The Kier molecular flexibility index (Phi) is 46.3. The molecule has 0 amide bonds. The van der Waals surface area contributed by atoms with Crippen LogP contribution in [-0.2, 0) is 27.9 Å². The summed E-state index contributed by atoms with van der Waals surface area (Å²) in [5.41, 5.74) is 0. The van der Waals surface area contributed by atoms with Crippen LogP contribution in [0.3, 0.4) is 0 Å². The Morgan fingerprint density at radius 2 is 0.873 bits per heavy atom. The first-order chi connectivity index (χ1) is 30.6. The summed E-state index contributed by atoms with van der Waals surface area (Å²) in [6.07, 6.45) is 57.7. The van der Waals surface area contributed by atoms with Crippen molar-refractivity contribution in [2.75, 3.05) is 54.1 Å². The average Bonchev–Trinajstić information content (AvgIpc) is 3.24. The van der Waals surface area contributed by atoms with E-state index in [1.165, 1.54) is 180 Å². The zero-order valence-corrected chi connectivity index (χ0v) is 43.2. The van der Waals surface area contributed by atoms with E-state index in [9.17, 15) is 14.3 Å². The molecule has 0 saturated carbocycles. The van der Waals surface area contributed by atoms with Crippen molar-refractivity contribution in [1.82, 2.24) is 0 Å². The molecule has 0 radical (unpaired) electrons. The van der Waals surface area contributed by atoms with Gasteiger partial charge >= 0.3 is 13.8 Å². The van der Waals surface area contributed by atoms with Gasteiger partial charge in [-0.3, -0.25) is 13.8 Å². The Morgan fingerprint density at radius 1 is 0.492 bits per heavy atom. The van der Waals surface area contributed by atoms with Crippen LogP contribution in [0.25, 0.3) is 0 Å². The summed E-state index contributed by atoms with van der Waals surface area (Å²) >= 11 is 0. The van der Waals surface area contributed by atoms with Crippen LogP contribution < -0.4 is 0 Å². The van der Waals surface area contributed by atoms with Gasteiger partial charge in [0.15, 0.2) is 0 Å². The number of phosphoric ester groups is 1. The molecular formula is C54H105NO7P+. The second-order valence-corrected chi connectivity index (χ2v) is 20.7. The molecule has 0 spiro atoms. The highest BCUT2D eigenvalue weighted by molar-refractivity contribution is 7.47. The molecule has 0 aromatic carbocycles. The summed E-state index contributed by atoms with van der Waals surface area (Å²) in [7, 11) is 1.67. The highest BCUT2D eigenvalue weighted by Crippen LogP contribution is 2.43. The van der Waals surface area contributed by atoms with E-state index < -0.39 is 13.9 Å².